The minimum Gasteiger partial charge on any atom is -0.462 e. The van der Waals surface area contributed by atoms with Crippen molar-refractivity contribution in [1.82, 2.24) is 4.90 Å². The Hall–Kier alpha value is 0.102. The van der Waals surface area contributed by atoms with Crippen molar-refractivity contribution in [2.75, 3.05) is 21.2 Å². The van der Waals surface area contributed by atoms with Gasteiger partial charge in [-0.2, -0.15) is 0 Å². The molecule has 1 radical (unpaired) electrons. The predicted molar refractivity (Wildman–Crippen MR) is 205 cm³/mol. The van der Waals surface area contributed by atoms with Gasteiger partial charge in [0.2, 0.25) is 0 Å². The first kappa shape index (κ1) is 50.2. The summed E-state index contributed by atoms with van der Waals surface area (Å²) in [5, 5.41) is 11.7. The Morgan fingerprint density at radius 3 is 2.07 bits per heavy atom. The summed E-state index contributed by atoms with van der Waals surface area (Å²) in [5.74, 6) is -0.839. The van der Waals surface area contributed by atoms with E-state index in [9.17, 15) is 14.7 Å². The first-order valence-electron chi connectivity index (χ1n) is 20.3. The molecule has 0 aromatic heterocycles. The molecule has 0 saturated carbocycles. The van der Waals surface area contributed by atoms with E-state index in [2.05, 4.69) is 62.3 Å². The smallest absolute Gasteiger partial charge is 0.311 e. The van der Waals surface area contributed by atoms with Crippen LogP contribution in [0.15, 0.2) is 0 Å². The van der Waals surface area contributed by atoms with Crippen molar-refractivity contribution in [1.29, 1.82) is 0 Å². The molecule has 313 valence electrons. The number of aliphatic hydroxyl groups excluding tert-OH is 1. The van der Waals surface area contributed by atoms with Gasteiger partial charge < -0.3 is 43.2 Å². The Morgan fingerprint density at radius 2 is 1.54 bits per heavy atom. The van der Waals surface area contributed by atoms with Gasteiger partial charge in [0.1, 0.15) is 17.8 Å². The topological polar surface area (TPSA) is 122 Å². The Bertz CT molecular complexity index is 1200. The van der Waals surface area contributed by atoms with Crippen molar-refractivity contribution in [2.45, 2.75) is 196 Å². The van der Waals surface area contributed by atoms with Gasteiger partial charge in [-0.15, -0.1) is 0 Å². The molecule has 11 nitrogen and oxygen atoms in total. The monoisotopic (exact) mass is 983 g/mol. The summed E-state index contributed by atoms with van der Waals surface area (Å²) in [4.78, 5) is 28.5. The van der Waals surface area contributed by atoms with Crippen LogP contribution in [0.4, 0.5) is 0 Å². The minimum atomic E-state index is -0.908. The van der Waals surface area contributed by atoms with Crippen LogP contribution in [0.2, 0.25) is 0 Å². The number of cyclic esters (lactones) is 1. The van der Waals surface area contributed by atoms with Crippen LogP contribution in [0.5, 0.6) is 0 Å². The Labute approximate surface area is 363 Å². The molecule has 3 rings (SSSR count). The molecule has 0 aliphatic carbocycles. The number of nitrogens with zero attached hydrogens (tertiary/aromatic N) is 1. The Morgan fingerprint density at radius 1 is 0.926 bits per heavy atom. The number of methoxy groups -OCH3 is 1. The second kappa shape index (κ2) is 20.4. The first-order valence-corrected chi connectivity index (χ1v) is 20.3. The Kier molecular flexibility index (Phi) is 19.0. The molecule has 0 bridgehead atoms. The van der Waals surface area contributed by atoms with E-state index in [0.29, 0.717) is 24.7 Å². The summed E-state index contributed by atoms with van der Waals surface area (Å²) in [6.45, 7) is 28.9. The molecule has 3 aliphatic heterocycles. The molecule has 1 N–H and O–H groups in total. The summed E-state index contributed by atoms with van der Waals surface area (Å²) in [6.07, 6.45) is -1.94. The van der Waals surface area contributed by atoms with E-state index in [-0.39, 0.29) is 86.0 Å². The number of ether oxygens (including phenoxy) is 7. The number of carbonyl (C=O) groups is 2. The molecule has 3 aliphatic rings. The van der Waals surface area contributed by atoms with E-state index < -0.39 is 71.9 Å². The largest absolute Gasteiger partial charge is 0.462 e. The summed E-state index contributed by atoms with van der Waals surface area (Å²) in [7, 11) is 5.52. The fraction of sp³-hybridized carbons (Fsp3) is 0.952. The molecule has 14 unspecified atom stereocenters. The third-order valence-corrected chi connectivity index (χ3v) is 13.4. The number of esters is 2. The van der Waals surface area contributed by atoms with Crippen LogP contribution >= 0.6 is 0 Å². The molecule has 3 saturated heterocycles. The van der Waals surface area contributed by atoms with Crippen LogP contribution in [0.1, 0.15) is 129 Å². The second-order valence-corrected chi connectivity index (χ2v) is 18.9. The maximum atomic E-state index is 14.4. The molecule has 0 aromatic carbocycles. The molecular formula is C42H77AcNO10. The van der Waals surface area contributed by atoms with Gasteiger partial charge in [0.25, 0.3) is 0 Å². The summed E-state index contributed by atoms with van der Waals surface area (Å²) in [6, 6.07) is -0.147. The summed E-state index contributed by atoms with van der Waals surface area (Å²) < 4.78 is 45.0. The molecule has 0 amide bonds. The van der Waals surface area contributed by atoms with Gasteiger partial charge in [0.15, 0.2) is 18.7 Å². The van der Waals surface area contributed by atoms with E-state index >= 15 is 0 Å². The van der Waals surface area contributed by atoms with Gasteiger partial charge in [0, 0.05) is 81.9 Å². The predicted octanol–water partition coefficient (Wildman–Crippen LogP) is 7.00. The molecule has 12 heteroatoms. The van der Waals surface area contributed by atoms with Crippen LogP contribution in [0.3, 0.4) is 0 Å². The molecule has 16 atom stereocenters. The van der Waals surface area contributed by atoms with E-state index in [4.69, 9.17) is 33.2 Å². The maximum absolute atomic E-state index is 14.4. The molecular weight excluding hydrogens is 905 g/mol. The van der Waals surface area contributed by atoms with E-state index in [1.807, 2.05) is 46.7 Å². The van der Waals surface area contributed by atoms with Crippen LogP contribution in [-0.4, -0.2) is 110 Å². The average Bonchev–Trinajstić information content (AvgIpc) is 3.05. The SMILES string of the molecule is CC[C@H]1OC(=O)C(C)C(OC2CC(C)(OC)C(OC(C)=O)C(C)O2)C(C)C(OC2OC(C)CC(N(C)C)C2O)C(C)(C)CC(C)CC(C)[C@@H](C)C1(C)C.[Ac]. The summed E-state index contributed by atoms with van der Waals surface area (Å²) in [5.41, 5.74) is -1.61. The van der Waals surface area contributed by atoms with Gasteiger partial charge in [-0.25, -0.2) is 0 Å². The zero-order chi connectivity index (χ0) is 40.4. The van der Waals surface area contributed by atoms with Crippen molar-refractivity contribution in [3.8, 4) is 0 Å². The normalized spacial score (nSPS) is 43.7. The van der Waals surface area contributed by atoms with Crippen LogP contribution < -0.4 is 0 Å². The third-order valence-electron chi connectivity index (χ3n) is 13.4. The van der Waals surface area contributed by atoms with Crippen LogP contribution in [0.25, 0.3) is 0 Å². The van der Waals surface area contributed by atoms with Crippen molar-refractivity contribution >= 4 is 11.9 Å². The van der Waals surface area contributed by atoms with Gasteiger partial charge in [0.05, 0.1) is 30.3 Å². The van der Waals surface area contributed by atoms with E-state index in [1.54, 1.807) is 7.11 Å². The number of likely N-dealkylation sites (N-methyl/N-ethyl adjacent to an activating group) is 1. The van der Waals surface area contributed by atoms with Crippen molar-refractivity contribution in [3.05, 3.63) is 0 Å². The first-order chi connectivity index (χ1) is 24.4. The van der Waals surface area contributed by atoms with E-state index in [1.165, 1.54) is 6.92 Å². The molecule has 0 spiro atoms. The fourth-order valence-electron chi connectivity index (χ4n) is 9.95. The number of hydrogen-bond acceptors (Lipinski definition) is 11. The minimum absolute atomic E-state index is 0. The van der Waals surface area contributed by atoms with Gasteiger partial charge in [-0.1, -0.05) is 62.3 Å². The quantitative estimate of drug-likeness (QED) is 0.253. The molecule has 0 aromatic rings. The van der Waals surface area contributed by atoms with Gasteiger partial charge >= 0.3 is 11.9 Å². The van der Waals surface area contributed by atoms with Gasteiger partial charge in [-0.3, -0.25) is 9.59 Å². The maximum Gasteiger partial charge on any atom is 0.311 e. The van der Waals surface area contributed by atoms with Crippen molar-refractivity contribution in [3.63, 3.8) is 0 Å². The van der Waals surface area contributed by atoms with Gasteiger partial charge in [-0.05, 0) is 90.6 Å². The average molecular weight is 983 g/mol. The number of rotatable bonds is 8. The standard InChI is InChI=1S/C42H77NO10.Ac/c1-18-32-41(12,13)28(7)24(3)19-23(2)21-40(10,11)36(53-39-34(45)31(43(15)16)20-25(4)48-39)26(5)35(27(6)38(46)51-32)52-33-22-42(14,47-17)37(29(8)49-33)50-30(9)44;/h23-29,31-37,39,45H,18-22H2,1-17H3;/t23?,24?,25?,26?,27?,28-,29?,31?,32-,33?,34?,35?,36?,37?,39?,42?;/m1./s1. The molecule has 3 fully saturated rings. The van der Waals surface area contributed by atoms with Crippen molar-refractivity contribution < 1.29 is 91.9 Å². The number of carbonyl (C=O) groups excluding carboxylic acids is 2. The molecule has 54 heavy (non-hydrogen) atoms. The van der Waals surface area contributed by atoms with E-state index in [0.717, 1.165) is 12.8 Å². The summed E-state index contributed by atoms with van der Waals surface area (Å²) >= 11 is 0. The molecule has 3 heterocycles. The Balaban J connectivity index is 0.0000101. The zero-order valence-corrected chi connectivity index (χ0v) is 41.6. The number of aliphatic hydroxyl groups is 1. The van der Waals surface area contributed by atoms with Crippen molar-refractivity contribution in [2.24, 2.45) is 40.4 Å². The third kappa shape index (κ3) is 11.9. The van der Waals surface area contributed by atoms with Crippen LogP contribution in [0, 0.1) is 84.5 Å². The number of hydrogen-bond donors (Lipinski definition) is 1. The van der Waals surface area contributed by atoms with Crippen LogP contribution in [-0.2, 0) is 42.7 Å². The zero-order valence-electron chi connectivity index (χ0n) is 36.8. The fourth-order valence-corrected chi connectivity index (χ4v) is 9.95. The second-order valence-electron chi connectivity index (χ2n) is 18.9.